The summed E-state index contributed by atoms with van der Waals surface area (Å²) in [7, 11) is 1.75. The van der Waals surface area contributed by atoms with E-state index in [2.05, 4.69) is 10.2 Å². The number of anilines is 1. The van der Waals surface area contributed by atoms with E-state index in [-0.39, 0.29) is 5.91 Å². The Kier molecular flexibility index (Phi) is 4.11. The number of aromatic nitrogens is 2. The van der Waals surface area contributed by atoms with Gasteiger partial charge in [-0.2, -0.15) is 5.10 Å². The molecular formula is C13H16N4OS. The number of nitrogens with two attached hydrogens (primary N) is 1. The number of nitrogens with zero attached hydrogens (tertiary/aromatic N) is 2. The second-order valence-corrected chi connectivity index (χ2v) is 5.10. The average molecular weight is 276 g/mol. The second-order valence-electron chi connectivity index (χ2n) is 4.22. The van der Waals surface area contributed by atoms with Crippen LogP contribution in [0.5, 0.6) is 0 Å². The minimum absolute atomic E-state index is 0.127. The van der Waals surface area contributed by atoms with Crippen molar-refractivity contribution in [2.45, 2.75) is 11.4 Å². The molecule has 0 radical (unpaired) electrons. The molecule has 2 aromatic rings. The molecule has 0 saturated carbocycles. The molecule has 0 unspecified atom stereocenters. The van der Waals surface area contributed by atoms with E-state index >= 15 is 0 Å². The molecule has 0 aliphatic heterocycles. The molecule has 19 heavy (non-hydrogen) atoms. The zero-order valence-corrected chi connectivity index (χ0v) is 11.7. The van der Waals surface area contributed by atoms with E-state index in [9.17, 15) is 4.79 Å². The van der Waals surface area contributed by atoms with E-state index in [0.29, 0.717) is 18.1 Å². The van der Waals surface area contributed by atoms with Crippen molar-refractivity contribution in [3.05, 3.63) is 41.6 Å². The molecule has 0 saturated heterocycles. The van der Waals surface area contributed by atoms with E-state index < -0.39 is 0 Å². The van der Waals surface area contributed by atoms with Gasteiger partial charge >= 0.3 is 0 Å². The van der Waals surface area contributed by atoms with Crippen LogP contribution < -0.4 is 5.73 Å². The summed E-state index contributed by atoms with van der Waals surface area (Å²) in [4.78, 5) is 14.9. The number of H-pyrrole nitrogens is 1. The number of hydrogen-bond acceptors (Lipinski definition) is 4. The first-order valence-corrected chi connectivity index (χ1v) is 7.02. The molecule has 0 bridgehead atoms. The Morgan fingerprint density at radius 1 is 1.42 bits per heavy atom. The van der Waals surface area contributed by atoms with Gasteiger partial charge in [-0.25, -0.2) is 0 Å². The quantitative estimate of drug-likeness (QED) is 0.837. The summed E-state index contributed by atoms with van der Waals surface area (Å²) in [6.07, 6.45) is 2.04. The van der Waals surface area contributed by atoms with Crippen LogP contribution >= 0.6 is 11.8 Å². The lowest BCUT2D eigenvalue weighted by atomic mass is 10.2. The fourth-order valence-electron chi connectivity index (χ4n) is 1.73. The third kappa shape index (κ3) is 3.29. The number of benzene rings is 1. The Morgan fingerprint density at radius 3 is 2.63 bits per heavy atom. The summed E-state index contributed by atoms with van der Waals surface area (Å²) in [5.74, 6) is 0.194. The van der Waals surface area contributed by atoms with Crippen LogP contribution in [-0.2, 0) is 6.54 Å². The van der Waals surface area contributed by atoms with Gasteiger partial charge in [-0.05, 0) is 24.0 Å². The highest BCUT2D eigenvalue weighted by atomic mass is 32.2. The maximum Gasteiger partial charge on any atom is 0.271 e. The summed E-state index contributed by atoms with van der Waals surface area (Å²) >= 11 is 1.69. The van der Waals surface area contributed by atoms with Crippen molar-refractivity contribution in [2.75, 3.05) is 19.0 Å². The highest BCUT2D eigenvalue weighted by molar-refractivity contribution is 7.98. The molecule has 100 valence electrons. The summed E-state index contributed by atoms with van der Waals surface area (Å²) in [5, 5.41) is 6.37. The second kappa shape index (κ2) is 5.79. The number of amides is 1. The Labute approximate surface area is 116 Å². The van der Waals surface area contributed by atoms with Crippen molar-refractivity contribution >= 4 is 23.5 Å². The van der Waals surface area contributed by atoms with Gasteiger partial charge in [-0.15, -0.1) is 11.8 Å². The number of carbonyl (C=O) groups excluding carboxylic acids is 1. The lowest BCUT2D eigenvalue weighted by Crippen LogP contribution is -2.26. The van der Waals surface area contributed by atoms with Crippen LogP contribution in [0, 0.1) is 0 Å². The fraction of sp³-hybridized carbons (Fsp3) is 0.231. The van der Waals surface area contributed by atoms with Gasteiger partial charge in [0.05, 0.1) is 0 Å². The molecule has 1 heterocycles. The van der Waals surface area contributed by atoms with Crippen molar-refractivity contribution in [2.24, 2.45) is 0 Å². The zero-order valence-electron chi connectivity index (χ0n) is 10.9. The molecule has 5 nitrogen and oxygen atoms in total. The number of aromatic amines is 1. The van der Waals surface area contributed by atoms with E-state index in [1.165, 1.54) is 11.0 Å². The van der Waals surface area contributed by atoms with E-state index in [4.69, 9.17) is 5.73 Å². The zero-order chi connectivity index (χ0) is 13.8. The molecule has 0 fully saturated rings. The van der Waals surface area contributed by atoms with Gasteiger partial charge in [0.25, 0.3) is 5.91 Å². The van der Waals surface area contributed by atoms with Gasteiger partial charge in [-0.1, -0.05) is 12.1 Å². The number of nitrogens with one attached hydrogen (secondary N) is 1. The lowest BCUT2D eigenvalue weighted by Gasteiger charge is -2.16. The van der Waals surface area contributed by atoms with Crippen molar-refractivity contribution in [1.82, 2.24) is 15.1 Å². The first kappa shape index (κ1) is 13.5. The highest BCUT2D eigenvalue weighted by Crippen LogP contribution is 2.16. The molecule has 2 rings (SSSR count). The SMILES string of the molecule is CSc1ccc(CN(C)C(=O)c2cc(N)n[nH]2)cc1. The summed E-state index contributed by atoms with van der Waals surface area (Å²) in [6, 6.07) is 9.68. The first-order valence-electron chi connectivity index (χ1n) is 5.79. The van der Waals surface area contributed by atoms with Crippen LogP contribution in [0.25, 0.3) is 0 Å². The standard InChI is InChI=1S/C13H16N4OS/c1-17(13(18)11-7-12(14)16-15-11)8-9-3-5-10(19-2)6-4-9/h3-7H,8H2,1-2H3,(H3,14,15,16). The van der Waals surface area contributed by atoms with Gasteiger partial charge in [0, 0.05) is 24.6 Å². The maximum atomic E-state index is 12.1. The number of nitrogen functional groups attached to an aromatic ring is 1. The third-order valence-electron chi connectivity index (χ3n) is 2.75. The predicted molar refractivity (Wildman–Crippen MR) is 77.0 cm³/mol. The van der Waals surface area contributed by atoms with E-state index in [0.717, 1.165) is 5.56 Å². The molecule has 0 aliphatic carbocycles. The summed E-state index contributed by atoms with van der Waals surface area (Å²) < 4.78 is 0. The van der Waals surface area contributed by atoms with E-state index in [1.807, 2.05) is 30.5 Å². The van der Waals surface area contributed by atoms with Crippen molar-refractivity contribution in [3.63, 3.8) is 0 Å². The molecule has 3 N–H and O–H groups in total. The molecule has 6 heteroatoms. The largest absolute Gasteiger partial charge is 0.382 e. The third-order valence-corrected chi connectivity index (χ3v) is 3.50. The molecule has 0 aliphatic rings. The fourth-order valence-corrected chi connectivity index (χ4v) is 2.14. The van der Waals surface area contributed by atoms with Gasteiger partial charge < -0.3 is 10.6 Å². The smallest absolute Gasteiger partial charge is 0.271 e. The lowest BCUT2D eigenvalue weighted by molar-refractivity contribution is 0.0779. The Bertz CT molecular complexity index is 564. The van der Waals surface area contributed by atoms with Crippen molar-refractivity contribution in [3.8, 4) is 0 Å². The minimum Gasteiger partial charge on any atom is -0.382 e. The van der Waals surface area contributed by atoms with Crippen LogP contribution in [0.1, 0.15) is 16.1 Å². The van der Waals surface area contributed by atoms with Gasteiger partial charge in [0.15, 0.2) is 0 Å². The number of hydrogen-bond donors (Lipinski definition) is 2. The van der Waals surface area contributed by atoms with Gasteiger partial charge in [-0.3, -0.25) is 9.89 Å². The van der Waals surface area contributed by atoms with Crippen LogP contribution in [0.15, 0.2) is 35.2 Å². The molecule has 1 aromatic carbocycles. The predicted octanol–water partition coefficient (Wildman–Crippen LogP) is 1.99. The molecule has 1 aromatic heterocycles. The monoisotopic (exact) mass is 276 g/mol. The van der Waals surface area contributed by atoms with Gasteiger partial charge in [0.2, 0.25) is 0 Å². The maximum absolute atomic E-state index is 12.1. The Morgan fingerprint density at radius 2 is 2.11 bits per heavy atom. The van der Waals surface area contributed by atoms with Gasteiger partial charge in [0.1, 0.15) is 11.5 Å². The molecule has 0 spiro atoms. The number of thioether (sulfide) groups is 1. The van der Waals surface area contributed by atoms with Crippen LogP contribution in [-0.4, -0.2) is 34.3 Å². The van der Waals surface area contributed by atoms with E-state index in [1.54, 1.807) is 23.7 Å². The van der Waals surface area contributed by atoms with Crippen molar-refractivity contribution < 1.29 is 4.79 Å². The minimum atomic E-state index is -0.127. The normalized spacial score (nSPS) is 10.4. The van der Waals surface area contributed by atoms with Crippen LogP contribution in [0.4, 0.5) is 5.82 Å². The van der Waals surface area contributed by atoms with Crippen LogP contribution in [0.2, 0.25) is 0 Å². The van der Waals surface area contributed by atoms with Crippen molar-refractivity contribution in [1.29, 1.82) is 0 Å². The topological polar surface area (TPSA) is 75.0 Å². The first-order chi connectivity index (χ1) is 9.10. The number of carbonyl (C=O) groups is 1. The molecule has 0 atom stereocenters. The Hall–Kier alpha value is -1.95. The summed E-state index contributed by atoms with van der Waals surface area (Å²) in [5.41, 5.74) is 6.97. The Balaban J connectivity index is 2.03. The highest BCUT2D eigenvalue weighted by Gasteiger charge is 2.14. The number of rotatable bonds is 4. The summed E-state index contributed by atoms with van der Waals surface area (Å²) in [6.45, 7) is 0.548. The molecular weight excluding hydrogens is 260 g/mol. The van der Waals surface area contributed by atoms with Crippen LogP contribution in [0.3, 0.4) is 0 Å². The average Bonchev–Trinajstić information content (AvgIpc) is 2.85. The molecule has 1 amide bonds.